The van der Waals surface area contributed by atoms with E-state index in [4.69, 9.17) is 11.6 Å². The second-order valence-corrected chi connectivity index (χ2v) is 4.07. The largest absolute Gasteiger partial charge is 0.126 e. The summed E-state index contributed by atoms with van der Waals surface area (Å²) in [5.74, 6) is 0.713. The van der Waals surface area contributed by atoms with E-state index in [0.29, 0.717) is 5.88 Å². The zero-order chi connectivity index (χ0) is 10.4. The minimum Gasteiger partial charge on any atom is -0.126 e. The van der Waals surface area contributed by atoms with Crippen LogP contribution >= 0.6 is 11.6 Å². The molecule has 0 unspecified atom stereocenters. The van der Waals surface area contributed by atoms with Crippen LogP contribution in [0.4, 0.5) is 0 Å². The molecule has 1 rings (SSSR count). The van der Waals surface area contributed by atoms with Crippen molar-refractivity contribution in [1.82, 2.24) is 0 Å². The van der Waals surface area contributed by atoms with Crippen LogP contribution in [0, 0.1) is 6.92 Å². The van der Waals surface area contributed by atoms with E-state index in [2.05, 4.69) is 44.2 Å². The van der Waals surface area contributed by atoms with Gasteiger partial charge in [0.2, 0.25) is 0 Å². The number of aryl methyl sites for hydroxylation is 1. The number of alkyl halides is 1. The molecule has 0 aliphatic carbocycles. The van der Waals surface area contributed by atoms with E-state index in [0.717, 1.165) is 12.8 Å². The van der Waals surface area contributed by atoms with Gasteiger partial charge in [-0.1, -0.05) is 41.5 Å². The lowest BCUT2D eigenvalue weighted by Crippen LogP contribution is -1.88. The zero-order valence-corrected chi connectivity index (χ0v) is 9.64. The fraction of sp³-hybridized carbons (Fsp3) is 0.385. The summed E-state index contributed by atoms with van der Waals surface area (Å²) in [4.78, 5) is 0. The van der Waals surface area contributed by atoms with Crippen LogP contribution in [0.15, 0.2) is 35.9 Å². The lowest BCUT2D eigenvalue weighted by Gasteiger charge is -2.02. The van der Waals surface area contributed by atoms with Gasteiger partial charge in [0.05, 0.1) is 0 Å². The van der Waals surface area contributed by atoms with E-state index in [-0.39, 0.29) is 0 Å². The first-order chi connectivity index (χ1) is 6.72. The molecule has 14 heavy (non-hydrogen) atoms. The summed E-state index contributed by atoms with van der Waals surface area (Å²) >= 11 is 5.63. The van der Waals surface area contributed by atoms with E-state index in [1.54, 1.807) is 0 Å². The van der Waals surface area contributed by atoms with Crippen LogP contribution in [0.2, 0.25) is 0 Å². The van der Waals surface area contributed by atoms with Gasteiger partial charge >= 0.3 is 0 Å². The second-order valence-electron chi connectivity index (χ2n) is 3.69. The van der Waals surface area contributed by atoms with Gasteiger partial charge in [0.25, 0.3) is 0 Å². The molecule has 0 atom stereocenters. The molecule has 0 aliphatic heterocycles. The number of benzene rings is 1. The lowest BCUT2D eigenvalue weighted by molar-refractivity contribution is 1.09. The number of allylic oxidation sites excluding steroid dienone is 2. The van der Waals surface area contributed by atoms with E-state index in [9.17, 15) is 0 Å². The Labute approximate surface area is 91.6 Å². The van der Waals surface area contributed by atoms with E-state index in [1.165, 1.54) is 16.7 Å². The first-order valence-corrected chi connectivity index (χ1v) is 5.53. The molecule has 1 aromatic carbocycles. The summed E-state index contributed by atoms with van der Waals surface area (Å²) in [5, 5.41) is 0. The van der Waals surface area contributed by atoms with Gasteiger partial charge in [0.1, 0.15) is 0 Å². The summed E-state index contributed by atoms with van der Waals surface area (Å²) in [6, 6.07) is 8.64. The Bertz CT molecular complexity index is 313. The van der Waals surface area contributed by atoms with E-state index in [1.807, 2.05) is 0 Å². The van der Waals surface area contributed by atoms with Gasteiger partial charge in [-0.05, 0) is 32.3 Å². The smallest absolute Gasteiger partial charge is 0.0258 e. The van der Waals surface area contributed by atoms with Gasteiger partial charge in [-0.15, -0.1) is 11.6 Å². The van der Waals surface area contributed by atoms with Crippen LogP contribution < -0.4 is 0 Å². The van der Waals surface area contributed by atoms with Crippen molar-refractivity contribution < 1.29 is 0 Å². The Hall–Kier alpha value is -0.750. The molecule has 1 heteroatoms. The van der Waals surface area contributed by atoms with Crippen molar-refractivity contribution in [2.24, 2.45) is 0 Å². The number of halogens is 1. The van der Waals surface area contributed by atoms with Gasteiger partial charge in [0, 0.05) is 5.88 Å². The quantitative estimate of drug-likeness (QED) is 0.516. The first kappa shape index (κ1) is 11.3. The topological polar surface area (TPSA) is 0 Å². The highest BCUT2D eigenvalue weighted by atomic mass is 35.5. The molecule has 0 N–H and O–H groups in total. The molecule has 0 saturated carbocycles. The molecule has 0 heterocycles. The number of hydrogen-bond acceptors (Lipinski definition) is 0. The molecule has 0 aromatic heterocycles. The third-order valence-electron chi connectivity index (χ3n) is 2.17. The molecule has 0 bridgehead atoms. The summed E-state index contributed by atoms with van der Waals surface area (Å²) in [6.45, 7) is 4.29. The average molecular weight is 209 g/mol. The molecule has 0 fully saturated rings. The SMILES string of the molecule is CC(=CCCCl)Cc1cccc(C)c1. The Balaban J connectivity index is 2.60. The Morgan fingerprint density at radius 2 is 2.21 bits per heavy atom. The zero-order valence-electron chi connectivity index (χ0n) is 8.89. The van der Waals surface area contributed by atoms with Crippen molar-refractivity contribution in [3.63, 3.8) is 0 Å². The van der Waals surface area contributed by atoms with Crippen molar-refractivity contribution >= 4 is 11.6 Å². The van der Waals surface area contributed by atoms with Crippen molar-refractivity contribution in [3.05, 3.63) is 47.0 Å². The van der Waals surface area contributed by atoms with Crippen molar-refractivity contribution in [1.29, 1.82) is 0 Å². The molecule has 0 amide bonds. The maximum atomic E-state index is 5.63. The summed E-state index contributed by atoms with van der Waals surface area (Å²) in [6.07, 6.45) is 4.23. The fourth-order valence-corrected chi connectivity index (χ4v) is 1.63. The third-order valence-corrected chi connectivity index (χ3v) is 2.39. The first-order valence-electron chi connectivity index (χ1n) is 4.99. The van der Waals surface area contributed by atoms with Gasteiger partial charge in [-0.25, -0.2) is 0 Å². The van der Waals surface area contributed by atoms with Crippen LogP contribution in [0.5, 0.6) is 0 Å². The highest BCUT2D eigenvalue weighted by Crippen LogP contribution is 2.10. The molecule has 0 aliphatic rings. The summed E-state index contributed by atoms with van der Waals surface area (Å²) in [7, 11) is 0. The minimum atomic E-state index is 0.713. The van der Waals surface area contributed by atoms with Gasteiger partial charge in [-0.2, -0.15) is 0 Å². The van der Waals surface area contributed by atoms with E-state index >= 15 is 0 Å². The predicted octanol–water partition coefficient (Wildman–Crippen LogP) is 4.11. The highest BCUT2D eigenvalue weighted by molar-refractivity contribution is 6.17. The lowest BCUT2D eigenvalue weighted by atomic mass is 10.0. The average Bonchev–Trinajstić information content (AvgIpc) is 2.15. The Kier molecular flexibility index (Phi) is 4.75. The summed E-state index contributed by atoms with van der Waals surface area (Å²) in [5.41, 5.74) is 4.11. The van der Waals surface area contributed by atoms with Crippen LogP contribution in [0.25, 0.3) is 0 Å². The van der Waals surface area contributed by atoms with Gasteiger partial charge in [0.15, 0.2) is 0 Å². The molecule has 0 saturated heterocycles. The molecule has 0 radical (unpaired) electrons. The van der Waals surface area contributed by atoms with Gasteiger partial charge in [-0.3, -0.25) is 0 Å². The Morgan fingerprint density at radius 1 is 1.43 bits per heavy atom. The number of rotatable bonds is 4. The van der Waals surface area contributed by atoms with Crippen LogP contribution in [-0.4, -0.2) is 5.88 Å². The second kappa shape index (κ2) is 5.87. The minimum absolute atomic E-state index is 0.713. The van der Waals surface area contributed by atoms with Crippen molar-refractivity contribution in [2.45, 2.75) is 26.7 Å². The monoisotopic (exact) mass is 208 g/mol. The van der Waals surface area contributed by atoms with Crippen LogP contribution in [0.1, 0.15) is 24.5 Å². The standard InChI is InChI=1S/C13H17Cl/c1-11-5-3-7-13(9-11)10-12(2)6-4-8-14/h3,5-7,9H,4,8,10H2,1-2H3. The molecular weight excluding hydrogens is 192 g/mol. The number of hydrogen-bond donors (Lipinski definition) is 0. The molecule has 0 spiro atoms. The van der Waals surface area contributed by atoms with Crippen LogP contribution in [-0.2, 0) is 6.42 Å². The molecular formula is C13H17Cl. The van der Waals surface area contributed by atoms with Crippen molar-refractivity contribution in [2.75, 3.05) is 5.88 Å². The van der Waals surface area contributed by atoms with Crippen LogP contribution in [0.3, 0.4) is 0 Å². The third kappa shape index (κ3) is 3.97. The van der Waals surface area contributed by atoms with Gasteiger partial charge < -0.3 is 0 Å². The highest BCUT2D eigenvalue weighted by Gasteiger charge is 1.94. The normalized spacial score (nSPS) is 11.8. The maximum Gasteiger partial charge on any atom is 0.0258 e. The maximum absolute atomic E-state index is 5.63. The molecule has 1 aromatic rings. The molecule has 0 nitrogen and oxygen atoms in total. The predicted molar refractivity (Wildman–Crippen MR) is 64.0 cm³/mol. The fourth-order valence-electron chi connectivity index (χ4n) is 1.52. The summed E-state index contributed by atoms with van der Waals surface area (Å²) < 4.78 is 0. The van der Waals surface area contributed by atoms with Crippen molar-refractivity contribution in [3.8, 4) is 0 Å². The molecule has 76 valence electrons. The van der Waals surface area contributed by atoms with E-state index < -0.39 is 0 Å². The Morgan fingerprint density at radius 3 is 2.86 bits per heavy atom.